The molecule has 5 rings (SSSR count). The number of ketones is 2. The molecular weight excluding hydrogens is 520 g/mol. The van der Waals surface area contributed by atoms with Crippen LogP contribution >= 0.6 is 0 Å². The maximum atomic E-state index is 14.1. The van der Waals surface area contributed by atoms with E-state index >= 15 is 0 Å². The predicted octanol–water partition coefficient (Wildman–Crippen LogP) is 3.45. The maximum Gasteiger partial charge on any atom is 0.270 e. The monoisotopic (exact) mass is 548 g/mol. The van der Waals surface area contributed by atoms with E-state index in [-0.39, 0.29) is 41.8 Å². The molecule has 3 aliphatic rings. The molecule has 1 unspecified atom stereocenters. The number of fused-ring (bicyclic) bond motifs is 3. The third-order valence-electron chi connectivity index (χ3n) is 8.24. The van der Waals surface area contributed by atoms with Crippen LogP contribution in [0.25, 0.3) is 11.1 Å². The highest BCUT2D eigenvalue weighted by molar-refractivity contribution is 6.24. The zero-order chi connectivity index (χ0) is 29.5. The Morgan fingerprint density at radius 3 is 2.40 bits per heavy atom. The lowest BCUT2D eigenvalue weighted by Gasteiger charge is -2.46. The van der Waals surface area contributed by atoms with Gasteiger partial charge in [-0.1, -0.05) is 32.9 Å². The Morgan fingerprint density at radius 1 is 1.12 bits per heavy atom. The number of phenolic OH excluding ortho intramolecular Hbond substituents is 1. The van der Waals surface area contributed by atoms with Gasteiger partial charge in [-0.25, -0.2) is 0 Å². The molecule has 0 aromatic heterocycles. The molecule has 2 aromatic carbocycles. The number of Topliss-reactive ketones (excluding diaryl/α,β-unsaturated/α-hetero) is 2. The number of allylic oxidation sites excluding steroid dienone is 2. The maximum absolute atomic E-state index is 14.1. The standard InChI is InChI=1S/C29H28N2O9/c1-28(2,3)18-11-16(12-5-4-6-15(8-12)31(39)40)17-9-13-7-14-10-19(32)22(27(30)37)26(36)29(14,38)25(35)20(13)24(34)21(17)23(18)33/h4-6,8,11,13-14,32-33,35,38H,7,9-10H2,1-3H3,(H2,30,37)/t13-,14?,29+/m1/s1. The van der Waals surface area contributed by atoms with Gasteiger partial charge in [0.15, 0.2) is 11.4 Å². The fraction of sp³-hybridized carbons (Fsp3) is 0.345. The number of nitrogens with zero attached hydrogens (tertiary/aromatic N) is 1. The number of nitrogens with two attached hydrogens (primary N) is 1. The summed E-state index contributed by atoms with van der Waals surface area (Å²) in [4.78, 5) is 50.0. The van der Waals surface area contributed by atoms with Gasteiger partial charge in [-0.3, -0.25) is 24.5 Å². The van der Waals surface area contributed by atoms with Crippen LogP contribution in [-0.2, 0) is 21.4 Å². The van der Waals surface area contributed by atoms with Crippen LogP contribution in [0, 0.1) is 22.0 Å². The topological polar surface area (TPSA) is 201 Å². The fourth-order valence-electron chi connectivity index (χ4n) is 6.30. The first-order valence-corrected chi connectivity index (χ1v) is 12.7. The van der Waals surface area contributed by atoms with Crippen LogP contribution in [0.2, 0.25) is 0 Å². The van der Waals surface area contributed by atoms with Crippen LogP contribution in [0.15, 0.2) is 53.0 Å². The van der Waals surface area contributed by atoms with Gasteiger partial charge in [0, 0.05) is 35.6 Å². The Hall–Kier alpha value is -4.51. The van der Waals surface area contributed by atoms with Crippen LogP contribution < -0.4 is 5.73 Å². The zero-order valence-corrected chi connectivity index (χ0v) is 22.0. The Bertz CT molecular complexity index is 1610. The fourth-order valence-corrected chi connectivity index (χ4v) is 6.30. The third-order valence-corrected chi connectivity index (χ3v) is 8.24. The molecule has 11 heteroatoms. The van der Waals surface area contributed by atoms with Gasteiger partial charge in [-0.05, 0) is 46.9 Å². The summed E-state index contributed by atoms with van der Waals surface area (Å²) in [6.07, 6.45) is -0.259. The number of non-ortho nitro benzene ring substituents is 1. The molecule has 11 nitrogen and oxygen atoms in total. The van der Waals surface area contributed by atoms with Gasteiger partial charge in [-0.2, -0.15) is 0 Å². The highest BCUT2D eigenvalue weighted by atomic mass is 16.6. The summed E-state index contributed by atoms with van der Waals surface area (Å²) >= 11 is 0. The predicted molar refractivity (Wildman–Crippen MR) is 142 cm³/mol. The number of primary amides is 1. The van der Waals surface area contributed by atoms with Crippen LogP contribution in [0.1, 0.15) is 55.1 Å². The third kappa shape index (κ3) is 3.72. The van der Waals surface area contributed by atoms with Crippen molar-refractivity contribution in [2.24, 2.45) is 17.6 Å². The van der Waals surface area contributed by atoms with Gasteiger partial charge in [0.2, 0.25) is 5.78 Å². The van der Waals surface area contributed by atoms with E-state index in [1.165, 1.54) is 18.2 Å². The normalized spacial score (nSPS) is 24.4. The van der Waals surface area contributed by atoms with Crippen molar-refractivity contribution in [1.29, 1.82) is 0 Å². The average molecular weight is 549 g/mol. The van der Waals surface area contributed by atoms with Crippen molar-refractivity contribution in [3.05, 3.63) is 79.8 Å². The number of amides is 1. The number of nitro benzene ring substituents is 1. The largest absolute Gasteiger partial charge is 0.511 e. The number of benzene rings is 2. The van der Waals surface area contributed by atoms with Gasteiger partial charge in [0.1, 0.15) is 22.8 Å². The van der Waals surface area contributed by atoms with Crippen molar-refractivity contribution in [2.45, 2.75) is 51.0 Å². The van der Waals surface area contributed by atoms with Gasteiger partial charge in [-0.15, -0.1) is 0 Å². The number of phenols is 1. The van der Waals surface area contributed by atoms with Crippen LogP contribution in [0.3, 0.4) is 0 Å². The molecule has 0 bridgehead atoms. The molecular formula is C29H28N2O9. The first kappa shape index (κ1) is 27.1. The number of rotatable bonds is 3. The van der Waals surface area contributed by atoms with Crippen molar-refractivity contribution < 1.29 is 39.7 Å². The second-order valence-electron chi connectivity index (χ2n) is 11.6. The van der Waals surface area contributed by atoms with E-state index in [0.717, 1.165) is 0 Å². The summed E-state index contributed by atoms with van der Waals surface area (Å²) in [5, 5.41) is 55.9. The molecule has 0 spiro atoms. The minimum absolute atomic E-state index is 0.0148. The van der Waals surface area contributed by atoms with Crippen molar-refractivity contribution in [3.63, 3.8) is 0 Å². The number of hydrogen-bond acceptors (Lipinski definition) is 9. The Kier molecular flexibility index (Phi) is 5.92. The van der Waals surface area contributed by atoms with Crippen molar-refractivity contribution >= 4 is 23.2 Å². The summed E-state index contributed by atoms with van der Waals surface area (Å²) in [5.41, 5.74) is 2.25. The average Bonchev–Trinajstić information content (AvgIpc) is 2.85. The van der Waals surface area contributed by atoms with E-state index < -0.39 is 62.3 Å². The van der Waals surface area contributed by atoms with Crippen LogP contribution in [0.4, 0.5) is 5.69 Å². The second kappa shape index (κ2) is 8.75. The molecule has 3 aliphatic carbocycles. The molecule has 0 saturated heterocycles. The van der Waals surface area contributed by atoms with Gasteiger partial charge in [0.25, 0.3) is 11.6 Å². The van der Waals surface area contributed by atoms with Crippen molar-refractivity contribution in [2.75, 3.05) is 0 Å². The first-order valence-electron chi connectivity index (χ1n) is 12.7. The summed E-state index contributed by atoms with van der Waals surface area (Å²) in [6, 6.07) is 7.59. The summed E-state index contributed by atoms with van der Waals surface area (Å²) in [6.45, 7) is 5.45. The van der Waals surface area contributed by atoms with Crippen LogP contribution in [-0.4, -0.2) is 48.4 Å². The van der Waals surface area contributed by atoms with E-state index in [1.54, 1.807) is 12.1 Å². The number of aliphatic hydroxyl groups excluding tert-OH is 2. The lowest BCUT2D eigenvalue weighted by Crippen LogP contribution is -2.57. The summed E-state index contributed by atoms with van der Waals surface area (Å²) in [7, 11) is 0. The molecule has 40 heavy (non-hydrogen) atoms. The number of hydrogen-bond donors (Lipinski definition) is 5. The Labute approximate surface area is 228 Å². The van der Waals surface area contributed by atoms with Crippen molar-refractivity contribution in [1.82, 2.24) is 0 Å². The number of aliphatic hydroxyl groups is 3. The summed E-state index contributed by atoms with van der Waals surface area (Å²) < 4.78 is 0. The van der Waals surface area contributed by atoms with Crippen molar-refractivity contribution in [3.8, 4) is 16.9 Å². The Balaban J connectivity index is 1.77. The van der Waals surface area contributed by atoms with Gasteiger partial charge < -0.3 is 26.2 Å². The minimum atomic E-state index is -2.66. The molecule has 2 aromatic rings. The molecule has 0 heterocycles. The molecule has 0 fully saturated rings. The van der Waals surface area contributed by atoms with E-state index in [1.807, 2.05) is 20.8 Å². The number of nitro groups is 1. The van der Waals surface area contributed by atoms with E-state index in [2.05, 4.69) is 0 Å². The molecule has 0 aliphatic heterocycles. The van der Waals surface area contributed by atoms with E-state index in [0.29, 0.717) is 22.3 Å². The lowest BCUT2D eigenvalue weighted by molar-refractivity contribution is -0.384. The molecule has 0 radical (unpaired) electrons. The molecule has 6 N–H and O–H groups in total. The molecule has 208 valence electrons. The number of carbonyl (C=O) groups is 3. The smallest absolute Gasteiger partial charge is 0.270 e. The quantitative estimate of drug-likeness (QED) is 0.216. The number of aromatic hydroxyl groups is 1. The van der Waals surface area contributed by atoms with Gasteiger partial charge in [0.05, 0.1) is 10.5 Å². The minimum Gasteiger partial charge on any atom is -0.511 e. The molecule has 1 amide bonds. The molecule has 3 atom stereocenters. The zero-order valence-electron chi connectivity index (χ0n) is 22.0. The summed E-state index contributed by atoms with van der Waals surface area (Å²) in [5.74, 6) is -7.02. The lowest BCUT2D eigenvalue weighted by atomic mass is 9.59. The van der Waals surface area contributed by atoms with E-state index in [4.69, 9.17) is 5.73 Å². The van der Waals surface area contributed by atoms with Crippen LogP contribution in [0.5, 0.6) is 5.75 Å². The van der Waals surface area contributed by atoms with E-state index in [9.17, 15) is 44.9 Å². The molecule has 0 saturated carbocycles. The van der Waals surface area contributed by atoms with Gasteiger partial charge >= 0.3 is 0 Å². The first-order chi connectivity index (χ1) is 18.6. The number of carbonyl (C=O) groups excluding carboxylic acids is 3. The highest BCUT2D eigenvalue weighted by Crippen LogP contribution is 2.53. The Morgan fingerprint density at radius 2 is 1.80 bits per heavy atom. The second-order valence-corrected chi connectivity index (χ2v) is 11.6. The SMILES string of the molecule is CC(C)(C)c1cc(-c2cccc([N+](=O)[O-])c2)c2c(c1O)C(=O)C1=C(O)[C@]3(O)C(=O)C(C(N)=O)=C(O)CC3C[C@@H]1C2. The highest BCUT2D eigenvalue weighted by Gasteiger charge is 2.59.